The highest BCUT2D eigenvalue weighted by Crippen LogP contribution is 2.42. The van der Waals surface area contributed by atoms with Crippen LogP contribution in [0.15, 0.2) is 0 Å². The Balaban J connectivity index is 1.96. The zero-order valence-electron chi connectivity index (χ0n) is 12.4. The van der Waals surface area contributed by atoms with Gasteiger partial charge in [-0.2, -0.15) is 11.8 Å². The molecule has 0 aromatic heterocycles. The summed E-state index contributed by atoms with van der Waals surface area (Å²) in [6, 6.07) is 0. The highest BCUT2D eigenvalue weighted by molar-refractivity contribution is 7.99. The Bertz CT molecular complexity index is 389. The Morgan fingerprint density at radius 1 is 1.30 bits per heavy atom. The first-order valence-corrected chi connectivity index (χ1v) is 8.63. The Hall–Kier alpha value is -0.710. The second-order valence-electron chi connectivity index (χ2n) is 6.87. The number of carbonyl (C=O) groups excluding carboxylic acids is 1. The summed E-state index contributed by atoms with van der Waals surface area (Å²) in [5, 5.41) is 12.2. The van der Waals surface area contributed by atoms with Crippen LogP contribution in [0.25, 0.3) is 0 Å². The number of rotatable bonds is 4. The normalized spacial score (nSPS) is 32.8. The number of carboxylic acids is 1. The molecule has 1 heterocycles. The van der Waals surface area contributed by atoms with Crippen LogP contribution in [0.1, 0.15) is 52.4 Å². The minimum Gasteiger partial charge on any atom is -0.479 e. The molecule has 114 valence electrons. The molecule has 1 aliphatic carbocycles. The SMILES string of the molecule is CC1(C)CCCCC1CC(=O)NC1(C(=O)O)CCSC1. The molecule has 20 heavy (non-hydrogen) atoms. The van der Waals surface area contributed by atoms with Crippen LogP contribution in [0.5, 0.6) is 0 Å². The van der Waals surface area contributed by atoms with E-state index in [9.17, 15) is 14.7 Å². The van der Waals surface area contributed by atoms with Gasteiger partial charge in [-0.25, -0.2) is 4.79 Å². The maximum atomic E-state index is 12.3. The summed E-state index contributed by atoms with van der Waals surface area (Å²) < 4.78 is 0. The van der Waals surface area contributed by atoms with Crippen LogP contribution in [-0.4, -0.2) is 34.0 Å². The summed E-state index contributed by atoms with van der Waals surface area (Å²) in [5.41, 5.74) is -0.836. The van der Waals surface area contributed by atoms with Crippen LogP contribution in [0.2, 0.25) is 0 Å². The quantitative estimate of drug-likeness (QED) is 0.837. The largest absolute Gasteiger partial charge is 0.479 e. The Morgan fingerprint density at radius 2 is 2.05 bits per heavy atom. The molecule has 2 rings (SSSR count). The zero-order chi connectivity index (χ0) is 14.8. The van der Waals surface area contributed by atoms with E-state index in [1.807, 2.05) is 0 Å². The lowest BCUT2D eigenvalue weighted by molar-refractivity contribution is -0.146. The summed E-state index contributed by atoms with van der Waals surface area (Å²) >= 11 is 1.60. The lowest BCUT2D eigenvalue weighted by atomic mass is 9.67. The Labute approximate surface area is 125 Å². The molecular weight excluding hydrogens is 274 g/mol. The third-order valence-electron chi connectivity index (χ3n) is 4.97. The molecule has 1 saturated carbocycles. The molecule has 2 fully saturated rings. The van der Waals surface area contributed by atoms with Gasteiger partial charge in [0.25, 0.3) is 0 Å². The molecule has 0 spiro atoms. The predicted octanol–water partition coefficient (Wildman–Crippen LogP) is 2.67. The molecule has 1 amide bonds. The van der Waals surface area contributed by atoms with Gasteiger partial charge in [0.2, 0.25) is 5.91 Å². The van der Waals surface area contributed by atoms with E-state index in [0.717, 1.165) is 18.6 Å². The number of hydrogen-bond donors (Lipinski definition) is 2. The third-order valence-corrected chi connectivity index (χ3v) is 6.16. The summed E-state index contributed by atoms with van der Waals surface area (Å²) in [5.74, 6) is 0.689. The summed E-state index contributed by atoms with van der Waals surface area (Å²) in [4.78, 5) is 23.7. The summed E-state index contributed by atoms with van der Waals surface area (Å²) in [7, 11) is 0. The molecule has 5 heteroatoms. The minimum atomic E-state index is -1.03. The highest BCUT2D eigenvalue weighted by atomic mass is 32.2. The first-order chi connectivity index (χ1) is 9.36. The van der Waals surface area contributed by atoms with Gasteiger partial charge in [0.1, 0.15) is 5.54 Å². The van der Waals surface area contributed by atoms with Gasteiger partial charge in [0.15, 0.2) is 0 Å². The molecule has 2 unspecified atom stereocenters. The van der Waals surface area contributed by atoms with Gasteiger partial charge in [-0.1, -0.05) is 26.7 Å². The predicted molar refractivity (Wildman–Crippen MR) is 80.8 cm³/mol. The number of hydrogen-bond acceptors (Lipinski definition) is 3. The van der Waals surface area contributed by atoms with Crippen LogP contribution in [0, 0.1) is 11.3 Å². The van der Waals surface area contributed by atoms with E-state index < -0.39 is 11.5 Å². The van der Waals surface area contributed by atoms with E-state index in [2.05, 4.69) is 19.2 Å². The van der Waals surface area contributed by atoms with E-state index >= 15 is 0 Å². The molecule has 0 bridgehead atoms. The number of thioether (sulfide) groups is 1. The van der Waals surface area contributed by atoms with Gasteiger partial charge >= 0.3 is 5.97 Å². The van der Waals surface area contributed by atoms with Crippen LogP contribution in [0.3, 0.4) is 0 Å². The highest BCUT2D eigenvalue weighted by Gasteiger charge is 2.44. The first kappa shape index (κ1) is 15.7. The molecule has 2 atom stereocenters. The van der Waals surface area contributed by atoms with Gasteiger partial charge < -0.3 is 10.4 Å². The van der Waals surface area contributed by atoms with Crippen molar-refractivity contribution < 1.29 is 14.7 Å². The molecule has 1 saturated heterocycles. The minimum absolute atomic E-state index is 0.0881. The Kier molecular flexibility index (Phi) is 4.67. The third kappa shape index (κ3) is 3.30. The van der Waals surface area contributed by atoms with E-state index in [1.54, 1.807) is 11.8 Å². The average Bonchev–Trinajstić information content (AvgIpc) is 2.81. The van der Waals surface area contributed by atoms with Crippen molar-refractivity contribution in [2.75, 3.05) is 11.5 Å². The zero-order valence-corrected chi connectivity index (χ0v) is 13.2. The molecule has 4 nitrogen and oxygen atoms in total. The number of nitrogens with one attached hydrogen (secondary N) is 1. The van der Waals surface area contributed by atoms with Crippen LogP contribution < -0.4 is 5.32 Å². The van der Waals surface area contributed by atoms with Crippen molar-refractivity contribution >= 4 is 23.6 Å². The molecule has 2 N–H and O–H groups in total. The first-order valence-electron chi connectivity index (χ1n) is 7.48. The molecule has 0 radical (unpaired) electrons. The maximum Gasteiger partial charge on any atom is 0.330 e. The fraction of sp³-hybridized carbons (Fsp3) is 0.867. The maximum absolute atomic E-state index is 12.3. The standard InChI is InChI=1S/C15H25NO3S/c1-14(2)6-4-3-5-11(14)9-12(17)16-15(13(18)19)7-8-20-10-15/h11H,3-10H2,1-2H3,(H,16,17)(H,18,19). The summed E-state index contributed by atoms with van der Waals surface area (Å²) in [6.45, 7) is 4.45. The van der Waals surface area contributed by atoms with E-state index in [0.29, 0.717) is 24.5 Å². The average molecular weight is 299 g/mol. The van der Waals surface area contributed by atoms with Crippen molar-refractivity contribution in [1.29, 1.82) is 0 Å². The van der Waals surface area contributed by atoms with E-state index in [-0.39, 0.29) is 11.3 Å². The number of carbonyl (C=O) groups is 2. The van der Waals surface area contributed by atoms with Gasteiger partial charge in [-0.15, -0.1) is 0 Å². The number of aliphatic carboxylic acids is 1. The van der Waals surface area contributed by atoms with Crippen LogP contribution in [-0.2, 0) is 9.59 Å². The lowest BCUT2D eigenvalue weighted by Crippen LogP contribution is -2.55. The fourth-order valence-electron chi connectivity index (χ4n) is 3.37. The van der Waals surface area contributed by atoms with Crippen molar-refractivity contribution in [2.45, 2.75) is 57.9 Å². The monoisotopic (exact) mass is 299 g/mol. The fourth-order valence-corrected chi connectivity index (χ4v) is 4.70. The molecular formula is C15H25NO3S. The molecule has 0 aromatic rings. The van der Waals surface area contributed by atoms with Crippen molar-refractivity contribution in [3.63, 3.8) is 0 Å². The Morgan fingerprint density at radius 3 is 2.60 bits per heavy atom. The van der Waals surface area contributed by atoms with E-state index in [4.69, 9.17) is 0 Å². The molecule has 1 aliphatic heterocycles. The van der Waals surface area contributed by atoms with Gasteiger partial charge in [-0.05, 0) is 36.3 Å². The number of amides is 1. The topological polar surface area (TPSA) is 66.4 Å². The summed E-state index contributed by atoms with van der Waals surface area (Å²) in [6.07, 6.45) is 5.65. The van der Waals surface area contributed by atoms with E-state index in [1.165, 1.54) is 12.8 Å². The molecule has 2 aliphatic rings. The van der Waals surface area contributed by atoms with Crippen molar-refractivity contribution in [1.82, 2.24) is 5.32 Å². The molecule has 0 aromatic carbocycles. The van der Waals surface area contributed by atoms with Crippen molar-refractivity contribution in [3.05, 3.63) is 0 Å². The van der Waals surface area contributed by atoms with Crippen molar-refractivity contribution in [3.8, 4) is 0 Å². The van der Waals surface area contributed by atoms with Gasteiger partial charge in [0, 0.05) is 12.2 Å². The lowest BCUT2D eigenvalue weighted by Gasteiger charge is -2.39. The van der Waals surface area contributed by atoms with Crippen LogP contribution >= 0.6 is 11.8 Å². The van der Waals surface area contributed by atoms with Gasteiger partial charge in [-0.3, -0.25) is 4.79 Å². The number of carboxylic acid groups (broad SMARTS) is 1. The second-order valence-corrected chi connectivity index (χ2v) is 7.98. The van der Waals surface area contributed by atoms with Crippen LogP contribution in [0.4, 0.5) is 0 Å². The van der Waals surface area contributed by atoms with Gasteiger partial charge in [0.05, 0.1) is 0 Å². The second kappa shape index (κ2) is 5.96. The van der Waals surface area contributed by atoms with Crippen molar-refractivity contribution in [2.24, 2.45) is 11.3 Å². The smallest absolute Gasteiger partial charge is 0.330 e.